The summed E-state index contributed by atoms with van der Waals surface area (Å²) in [7, 11) is -3.57. The van der Waals surface area contributed by atoms with E-state index in [1.54, 1.807) is 19.9 Å². The summed E-state index contributed by atoms with van der Waals surface area (Å²) < 4.78 is 26.3. The molecule has 5 nitrogen and oxygen atoms in total. The van der Waals surface area contributed by atoms with Crippen LogP contribution in [0.4, 0.5) is 0 Å². The molecule has 1 atom stereocenters. The first-order chi connectivity index (χ1) is 8.34. The SMILES string of the molecule is Cc1cc(S(=O)(=O)N2CCNC(=O)C2C)c(C)s1. The molecule has 0 aliphatic carbocycles. The zero-order valence-corrected chi connectivity index (χ0v) is 12.2. The standard InChI is InChI=1S/C11H16N2O3S2/c1-7-6-10(9(3)17-7)18(15,16)13-5-4-12-11(14)8(13)2/h6,8H,4-5H2,1-3H3,(H,12,14). The number of hydrogen-bond donors (Lipinski definition) is 1. The number of amides is 1. The Morgan fingerprint density at radius 2 is 2.11 bits per heavy atom. The highest BCUT2D eigenvalue weighted by atomic mass is 32.2. The lowest BCUT2D eigenvalue weighted by Crippen LogP contribution is -2.55. The Morgan fingerprint density at radius 3 is 2.67 bits per heavy atom. The average molecular weight is 288 g/mol. The molecule has 0 spiro atoms. The summed E-state index contributed by atoms with van der Waals surface area (Å²) in [6.07, 6.45) is 0. The first-order valence-electron chi connectivity index (χ1n) is 5.70. The highest BCUT2D eigenvalue weighted by Gasteiger charge is 2.36. The maximum Gasteiger partial charge on any atom is 0.244 e. The Hall–Kier alpha value is -0.920. The third-order valence-corrected chi connectivity index (χ3v) is 6.22. The van der Waals surface area contributed by atoms with Gasteiger partial charge < -0.3 is 5.32 Å². The number of carbonyl (C=O) groups is 1. The van der Waals surface area contributed by atoms with Crippen molar-refractivity contribution in [2.24, 2.45) is 0 Å². The van der Waals surface area contributed by atoms with Gasteiger partial charge in [-0.25, -0.2) is 8.42 Å². The van der Waals surface area contributed by atoms with Crippen molar-refractivity contribution >= 4 is 27.3 Å². The number of rotatable bonds is 2. The van der Waals surface area contributed by atoms with Crippen molar-refractivity contribution < 1.29 is 13.2 Å². The average Bonchev–Trinajstić information content (AvgIpc) is 2.62. The second-order valence-corrected chi connectivity index (χ2v) is 7.68. The zero-order chi connectivity index (χ0) is 13.5. The van der Waals surface area contributed by atoms with Crippen molar-refractivity contribution in [3.8, 4) is 0 Å². The summed E-state index contributed by atoms with van der Waals surface area (Å²) in [6.45, 7) is 5.97. The van der Waals surface area contributed by atoms with Crippen LogP contribution in [0.3, 0.4) is 0 Å². The summed E-state index contributed by atoms with van der Waals surface area (Å²) in [5, 5.41) is 2.66. The van der Waals surface area contributed by atoms with Gasteiger partial charge in [-0.05, 0) is 26.8 Å². The van der Waals surface area contributed by atoms with Crippen molar-refractivity contribution in [2.75, 3.05) is 13.1 Å². The fourth-order valence-corrected chi connectivity index (χ4v) is 5.20. The van der Waals surface area contributed by atoms with Crippen LogP contribution in [0.25, 0.3) is 0 Å². The predicted octanol–water partition coefficient (Wildman–Crippen LogP) is 0.874. The lowest BCUT2D eigenvalue weighted by atomic mass is 10.2. The van der Waals surface area contributed by atoms with Gasteiger partial charge in [-0.1, -0.05) is 0 Å². The molecule has 7 heteroatoms. The molecule has 2 heterocycles. The van der Waals surface area contributed by atoms with E-state index in [1.807, 2.05) is 6.92 Å². The predicted molar refractivity (Wildman–Crippen MR) is 70.2 cm³/mol. The molecule has 1 saturated heterocycles. The molecule has 100 valence electrons. The topological polar surface area (TPSA) is 66.5 Å². The second-order valence-electron chi connectivity index (χ2n) is 4.36. The van der Waals surface area contributed by atoms with Gasteiger partial charge in [0.15, 0.2) is 0 Å². The van der Waals surface area contributed by atoms with Crippen LogP contribution in [0.1, 0.15) is 16.7 Å². The van der Waals surface area contributed by atoms with Crippen LogP contribution in [0.2, 0.25) is 0 Å². The molecule has 1 N–H and O–H groups in total. The molecule has 1 amide bonds. The van der Waals surface area contributed by atoms with Crippen LogP contribution < -0.4 is 5.32 Å². The Balaban J connectivity index is 2.42. The number of nitrogens with zero attached hydrogens (tertiary/aromatic N) is 1. The molecule has 1 aromatic rings. The van der Waals surface area contributed by atoms with Crippen molar-refractivity contribution in [2.45, 2.75) is 31.7 Å². The molecule has 2 rings (SSSR count). The quantitative estimate of drug-likeness (QED) is 0.878. The van der Waals surface area contributed by atoms with Gasteiger partial charge in [0.1, 0.15) is 6.04 Å². The van der Waals surface area contributed by atoms with Crippen molar-refractivity contribution in [3.63, 3.8) is 0 Å². The van der Waals surface area contributed by atoms with Gasteiger partial charge in [0.25, 0.3) is 0 Å². The van der Waals surface area contributed by atoms with Gasteiger partial charge in [0.05, 0.1) is 4.90 Å². The van der Waals surface area contributed by atoms with Crippen LogP contribution in [-0.4, -0.2) is 37.8 Å². The number of nitrogens with one attached hydrogen (secondary N) is 1. The third-order valence-electron chi connectivity index (χ3n) is 3.02. The molecule has 1 fully saturated rings. The van der Waals surface area contributed by atoms with Gasteiger partial charge in [-0.2, -0.15) is 4.31 Å². The highest BCUT2D eigenvalue weighted by molar-refractivity contribution is 7.89. The first kappa shape index (κ1) is 13.5. The van der Waals surface area contributed by atoms with E-state index in [0.717, 1.165) is 9.75 Å². The van der Waals surface area contributed by atoms with Crippen LogP contribution in [-0.2, 0) is 14.8 Å². The van der Waals surface area contributed by atoms with Gasteiger partial charge in [-0.3, -0.25) is 4.79 Å². The van der Waals surface area contributed by atoms with E-state index in [0.29, 0.717) is 18.0 Å². The van der Waals surface area contributed by atoms with Crippen molar-refractivity contribution in [3.05, 3.63) is 15.8 Å². The maximum atomic E-state index is 12.5. The van der Waals surface area contributed by atoms with Crippen LogP contribution in [0.15, 0.2) is 11.0 Å². The first-order valence-corrected chi connectivity index (χ1v) is 7.96. The number of hydrogen-bond acceptors (Lipinski definition) is 4. The van der Waals surface area contributed by atoms with E-state index in [4.69, 9.17) is 0 Å². The zero-order valence-electron chi connectivity index (χ0n) is 10.6. The summed E-state index contributed by atoms with van der Waals surface area (Å²) in [4.78, 5) is 13.6. The van der Waals surface area contributed by atoms with E-state index < -0.39 is 16.1 Å². The Kier molecular flexibility index (Phi) is 3.48. The van der Waals surface area contributed by atoms with E-state index >= 15 is 0 Å². The summed E-state index contributed by atoms with van der Waals surface area (Å²) in [5.74, 6) is -0.241. The normalized spacial score (nSPS) is 21.9. The molecule has 1 aromatic heterocycles. The largest absolute Gasteiger partial charge is 0.353 e. The summed E-state index contributed by atoms with van der Waals surface area (Å²) in [6, 6.07) is 1.03. The molecule has 1 aliphatic heterocycles. The van der Waals surface area contributed by atoms with Gasteiger partial charge >= 0.3 is 0 Å². The van der Waals surface area contributed by atoms with Crippen molar-refractivity contribution in [1.29, 1.82) is 0 Å². The van der Waals surface area contributed by atoms with Crippen LogP contribution in [0.5, 0.6) is 0 Å². The minimum Gasteiger partial charge on any atom is -0.353 e. The fraction of sp³-hybridized carbons (Fsp3) is 0.545. The van der Waals surface area contributed by atoms with E-state index in [1.165, 1.54) is 15.6 Å². The molecule has 0 aromatic carbocycles. The number of thiophene rings is 1. The van der Waals surface area contributed by atoms with Crippen LogP contribution >= 0.6 is 11.3 Å². The third kappa shape index (κ3) is 2.17. The molecule has 1 aliphatic rings. The smallest absolute Gasteiger partial charge is 0.244 e. The lowest BCUT2D eigenvalue weighted by Gasteiger charge is -2.31. The maximum absolute atomic E-state index is 12.5. The minimum atomic E-state index is -3.57. The van der Waals surface area contributed by atoms with Crippen molar-refractivity contribution in [1.82, 2.24) is 9.62 Å². The van der Waals surface area contributed by atoms with Crippen LogP contribution in [0, 0.1) is 13.8 Å². The Morgan fingerprint density at radius 1 is 1.44 bits per heavy atom. The van der Waals surface area contributed by atoms with E-state index in [2.05, 4.69) is 5.32 Å². The molecule has 1 unspecified atom stereocenters. The molecular formula is C11H16N2O3S2. The monoisotopic (exact) mass is 288 g/mol. The number of piperazine rings is 1. The molecule has 0 radical (unpaired) electrons. The molecule has 0 saturated carbocycles. The molecular weight excluding hydrogens is 272 g/mol. The van der Waals surface area contributed by atoms with E-state index in [9.17, 15) is 13.2 Å². The van der Waals surface area contributed by atoms with Gasteiger partial charge in [0, 0.05) is 22.8 Å². The van der Waals surface area contributed by atoms with E-state index in [-0.39, 0.29) is 5.91 Å². The molecule has 18 heavy (non-hydrogen) atoms. The van der Waals surface area contributed by atoms with Gasteiger partial charge in [-0.15, -0.1) is 11.3 Å². The highest BCUT2D eigenvalue weighted by Crippen LogP contribution is 2.29. The molecule has 0 bridgehead atoms. The summed E-state index contributed by atoms with van der Waals surface area (Å²) >= 11 is 1.46. The van der Waals surface area contributed by atoms with Gasteiger partial charge in [0.2, 0.25) is 15.9 Å². The Bertz CT molecular complexity index is 577. The second kappa shape index (κ2) is 4.64. The minimum absolute atomic E-state index is 0.241. The Labute approximate surface area is 111 Å². The number of sulfonamides is 1. The fourth-order valence-electron chi connectivity index (χ4n) is 2.08. The summed E-state index contributed by atoms with van der Waals surface area (Å²) in [5.41, 5.74) is 0. The number of carbonyl (C=O) groups excluding carboxylic acids is 1. The lowest BCUT2D eigenvalue weighted by molar-refractivity contribution is -0.126. The number of aryl methyl sites for hydroxylation is 2.